The normalized spacial score (nSPS) is 20.6. The first kappa shape index (κ1) is 26.9. The third-order valence-electron chi connectivity index (χ3n) is 7.92. The minimum absolute atomic E-state index is 0.0130. The second-order valence-corrected chi connectivity index (χ2v) is 10.8. The second kappa shape index (κ2) is 12.9. The van der Waals surface area contributed by atoms with E-state index in [0.717, 1.165) is 62.4 Å². The number of carbonyl (C=O) groups is 2. The summed E-state index contributed by atoms with van der Waals surface area (Å²) in [5.74, 6) is 1.92. The molecule has 39 heavy (non-hydrogen) atoms. The molecule has 2 aliphatic rings. The van der Waals surface area contributed by atoms with Crippen LogP contribution in [0.5, 0.6) is 11.5 Å². The molecule has 2 fully saturated rings. The number of amides is 2. The molecule has 3 aromatic carbocycles. The maximum absolute atomic E-state index is 13.6. The maximum Gasteiger partial charge on any atom is 0.246 e. The van der Waals surface area contributed by atoms with E-state index in [1.54, 1.807) is 0 Å². The monoisotopic (exact) mass is 525 g/mol. The number of para-hydroxylation sites is 1. The molecule has 6 nitrogen and oxygen atoms in total. The van der Waals surface area contributed by atoms with Gasteiger partial charge in [-0.25, -0.2) is 0 Å². The van der Waals surface area contributed by atoms with Crippen LogP contribution in [0.3, 0.4) is 0 Å². The van der Waals surface area contributed by atoms with Gasteiger partial charge in [0.1, 0.15) is 23.6 Å². The van der Waals surface area contributed by atoms with E-state index in [4.69, 9.17) is 4.74 Å². The summed E-state index contributed by atoms with van der Waals surface area (Å²) in [5.41, 5.74) is 2.31. The highest BCUT2D eigenvalue weighted by Gasteiger charge is 2.44. The summed E-state index contributed by atoms with van der Waals surface area (Å²) < 4.78 is 5.92. The molecule has 204 valence electrons. The first-order chi connectivity index (χ1) is 19.1. The summed E-state index contributed by atoms with van der Waals surface area (Å²) >= 11 is 0. The van der Waals surface area contributed by atoms with Crippen molar-refractivity contribution >= 4 is 11.8 Å². The van der Waals surface area contributed by atoms with Crippen LogP contribution < -0.4 is 10.1 Å². The smallest absolute Gasteiger partial charge is 0.246 e. The van der Waals surface area contributed by atoms with Gasteiger partial charge in [0.15, 0.2) is 0 Å². The van der Waals surface area contributed by atoms with Crippen molar-refractivity contribution in [1.29, 1.82) is 0 Å². The molecular formula is C33H39N3O3. The van der Waals surface area contributed by atoms with Crippen LogP contribution in [-0.4, -0.2) is 53.3 Å². The van der Waals surface area contributed by atoms with E-state index in [0.29, 0.717) is 13.0 Å². The highest BCUT2D eigenvalue weighted by atomic mass is 16.5. The number of hydrogen-bond donors (Lipinski definition) is 1. The van der Waals surface area contributed by atoms with Gasteiger partial charge in [-0.1, -0.05) is 74.0 Å². The molecule has 0 spiro atoms. The number of benzene rings is 3. The van der Waals surface area contributed by atoms with Gasteiger partial charge in [0.2, 0.25) is 11.8 Å². The fourth-order valence-electron chi connectivity index (χ4n) is 5.80. The molecule has 0 aromatic heterocycles. The molecule has 1 N–H and O–H groups in total. The Kier molecular flexibility index (Phi) is 8.94. The van der Waals surface area contributed by atoms with Gasteiger partial charge in [0, 0.05) is 19.5 Å². The number of nitrogens with one attached hydrogen (secondary N) is 1. The number of piperidine rings is 1. The predicted molar refractivity (Wildman–Crippen MR) is 153 cm³/mol. The molecule has 2 heterocycles. The lowest BCUT2D eigenvalue weighted by atomic mass is 9.85. The van der Waals surface area contributed by atoms with E-state index in [1.165, 1.54) is 5.56 Å². The maximum atomic E-state index is 13.6. The number of rotatable bonds is 10. The number of nitrogens with zero attached hydrogens (tertiary/aromatic N) is 2. The van der Waals surface area contributed by atoms with Gasteiger partial charge in [0.25, 0.3) is 0 Å². The Bertz CT molecular complexity index is 1210. The Morgan fingerprint density at radius 1 is 0.821 bits per heavy atom. The Hall–Kier alpha value is -3.64. The summed E-state index contributed by atoms with van der Waals surface area (Å²) in [5, 5.41) is 3.09. The number of piperazine rings is 1. The van der Waals surface area contributed by atoms with Gasteiger partial charge in [-0.2, -0.15) is 0 Å². The first-order valence-electron chi connectivity index (χ1n) is 14.3. The number of likely N-dealkylation sites (tertiary alicyclic amines) is 1. The molecule has 0 radical (unpaired) electrons. The fraction of sp³-hybridized carbons (Fsp3) is 0.394. The van der Waals surface area contributed by atoms with Crippen molar-refractivity contribution in [1.82, 2.24) is 15.1 Å². The highest BCUT2D eigenvalue weighted by Crippen LogP contribution is 2.29. The molecule has 2 aliphatic heterocycles. The topological polar surface area (TPSA) is 61.9 Å². The standard InChI is InChI=1S/C33H39N3O3/c1-2-3-20-36-31(32(37)34-30(33(36)38)23-25-10-6-4-7-11-25)27-18-21-35(22-19-27)24-26-14-16-29(17-15-26)39-28-12-8-5-9-13-28/h4-17,27,30-31H,2-3,18-24H2,1H3,(H,34,37)/t30-,31-/m0/s1. The first-order valence-corrected chi connectivity index (χ1v) is 14.3. The van der Waals surface area contributed by atoms with E-state index in [-0.39, 0.29) is 23.8 Å². The summed E-state index contributed by atoms with van der Waals surface area (Å²) in [7, 11) is 0. The predicted octanol–water partition coefficient (Wildman–Crippen LogP) is 5.43. The zero-order chi connectivity index (χ0) is 27.0. The van der Waals surface area contributed by atoms with Crippen LogP contribution in [0.15, 0.2) is 84.9 Å². The van der Waals surface area contributed by atoms with Crippen LogP contribution in [0, 0.1) is 5.92 Å². The quantitative estimate of drug-likeness (QED) is 0.384. The number of hydrogen-bond acceptors (Lipinski definition) is 4. The van der Waals surface area contributed by atoms with Crippen molar-refractivity contribution in [2.75, 3.05) is 19.6 Å². The van der Waals surface area contributed by atoms with Crippen molar-refractivity contribution in [2.24, 2.45) is 5.92 Å². The van der Waals surface area contributed by atoms with Crippen molar-refractivity contribution in [2.45, 2.75) is 57.7 Å². The van der Waals surface area contributed by atoms with E-state index in [2.05, 4.69) is 29.3 Å². The van der Waals surface area contributed by atoms with Crippen molar-refractivity contribution in [3.8, 4) is 11.5 Å². The largest absolute Gasteiger partial charge is 0.457 e. The lowest BCUT2D eigenvalue weighted by Gasteiger charge is -2.45. The number of ether oxygens (including phenoxy) is 1. The number of unbranched alkanes of at least 4 members (excludes halogenated alkanes) is 1. The van der Waals surface area contributed by atoms with Gasteiger partial charge in [0.05, 0.1) is 0 Å². The van der Waals surface area contributed by atoms with Gasteiger partial charge in [-0.3, -0.25) is 14.5 Å². The molecule has 0 saturated carbocycles. The van der Waals surface area contributed by atoms with Crippen molar-refractivity contribution in [3.63, 3.8) is 0 Å². The minimum Gasteiger partial charge on any atom is -0.457 e. The van der Waals surface area contributed by atoms with E-state index < -0.39 is 6.04 Å². The van der Waals surface area contributed by atoms with E-state index in [9.17, 15) is 9.59 Å². The SMILES string of the molecule is CCCCN1C(=O)[C@H](Cc2ccccc2)NC(=O)[C@@H]1C1CCN(Cc2ccc(Oc3ccccc3)cc2)CC1. The van der Waals surface area contributed by atoms with Crippen molar-refractivity contribution < 1.29 is 14.3 Å². The van der Waals surface area contributed by atoms with Gasteiger partial charge in [-0.15, -0.1) is 0 Å². The van der Waals surface area contributed by atoms with Gasteiger partial charge in [-0.05, 0) is 73.7 Å². The molecule has 0 unspecified atom stereocenters. The molecule has 0 aliphatic carbocycles. The zero-order valence-corrected chi connectivity index (χ0v) is 22.8. The Morgan fingerprint density at radius 2 is 1.46 bits per heavy atom. The van der Waals surface area contributed by atoms with Crippen LogP contribution in [0.25, 0.3) is 0 Å². The van der Waals surface area contributed by atoms with E-state index >= 15 is 0 Å². The minimum atomic E-state index is -0.484. The Labute approximate surface area is 232 Å². The zero-order valence-electron chi connectivity index (χ0n) is 22.8. The summed E-state index contributed by atoms with van der Waals surface area (Å²) in [4.78, 5) is 31.3. The molecule has 3 aromatic rings. The Balaban J connectivity index is 1.17. The molecule has 2 atom stereocenters. The van der Waals surface area contributed by atoms with Crippen LogP contribution in [-0.2, 0) is 22.6 Å². The summed E-state index contributed by atoms with van der Waals surface area (Å²) in [6, 6.07) is 27.2. The average molecular weight is 526 g/mol. The molecule has 5 rings (SSSR count). The molecule has 2 saturated heterocycles. The van der Waals surface area contributed by atoms with Crippen molar-refractivity contribution in [3.05, 3.63) is 96.1 Å². The van der Waals surface area contributed by atoms with Gasteiger partial charge < -0.3 is 15.0 Å². The number of carbonyl (C=O) groups excluding carboxylic acids is 2. The summed E-state index contributed by atoms with van der Waals surface area (Å²) in [6.45, 7) is 5.48. The fourth-order valence-corrected chi connectivity index (χ4v) is 5.80. The van der Waals surface area contributed by atoms with Gasteiger partial charge >= 0.3 is 0 Å². The van der Waals surface area contributed by atoms with Crippen LogP contribution in [0.2, 0.25) is 0 Å². The van der Waals surface area contributed by atoms with E-state index in [1.807, 2.05) is 77.7 Å². The highest BCUT2D eigenvalue weighted by molar-refractivity contribution is 5.97. The second-order valence-electron chi connectivity index (χ2n) is 10.8. The molecule has 0 bridgehead atoms. The third kappa shape index (κ3) is 6.87. The molecule has 2 amide bonds. The van der Waals surface area contributed by atoms with Crippen LogP contribution in [0.1, 0.15) is 43.7 Å². The summed E-state index contributed by atoms with van der Waals surface area (Å²) in [6.07, 6.45) is 4.26. The molecular weight excluding hydrogens is 486 g/mol. The van der Waals surface area contributed by atoms with Crippen LogP contribution >= 0.6 is 0 Å². The lowest BCUT2D eigenvalue weighted by molar-refractivity contribution is -0.152. The average Bonchev–Trinajstić information content (AvgIpc) is 2.97. The van der Waals surface area contributed by atoms with Crippen LogP contribution in [0.4, 0.5) is 0 Å². The third-order valence-corrected chi connectivity index (χ3v) is 7.92. The lowest BCUT2D eigenvalue weighted by Crippen LogP contribution is -2.66. The Morgan fingerprint density at radius 3 is 2.13 bits per heavy atom. The molecule has 6 heteroatoms.